The van der Waals surface area contributed by atoms with Crippen molar-refractivity contribution < 1.29 is 0 Å². The van der Waals surface area contributed by atoms with Gasteiger partial charge in [0.25, 0.3) is 0 Å². The number of anilines is 2. The summed E-state index contributed by atoms with van der Waals surface area (Å²) < 4.78 is 0. The van der Waals surface area contributed by atoms with Crippen LogP contribution in [0.3, 0.4) is 0 Å². The van der Waals surface area contributed by atoms with E-state index in [1.165, 1.54) is 92.8 Å². The highest BCUT2D eigenvalue weighted by Gasteiger charge is 2.09. The fourth-order valence-electron chi connectivity index (χ4n) is 4.29. The quantitative estimate of drug-likeness (QED) is 0.243. The Kier molecular flexibility index (Phi) is 9.79. The van der Waals surface area contributed by atoms with Crippen molar-refractivity contribution in [3.63, 3.8) is 0 Å². The van der Waals surface area contributed by atoms with E-state index in [0.717, 1.165) is 6.54 Å². The number of para-hydroxylation sites is 1. The van der Waals surface area contributed by atoms with Crippen LogP contribution in [0, 0.1) is 0 Å². The zero-order valence-corrected chi connectivity index (χ0v) is 18.9. The van der Waals surface area contributed by atoms with Gasteiger partial charge < -0.3 is 4.90 Å². The van der Waals surface area contributed by atoms with Gasteiger partial charge >= 0.3 is 0 Å². The van der Waals surface area contributed by atoms with Crippen LogP contribution < -0.4 is 4.90 Å². The molecule has 30 heavy (non-hydrogen) atoms. The van der Waals surface area contributed by atoms with Gasteiger partial charge in [0.1, 0.15) is 0 Å². The minimum atomic E-state index is 1.08. The standard InChI is InChI=1S/C29H39N/c1-2-3-4-5-6-7-8-9-10-11-17-24-30(28-20-13-12-14-21-28)29-23-22-26-18-15-16-19-27(26)25-29/h12-16,18-23,25H,2-11,17,24H2,1H3. The van der Waals surface area contributed by atoms with Crippen LogP contribution in [0.25, 0.3) is 10.8 Å². The lowest BCUT2D eigenvalue weighted by Gasteiger charge is -2.25. The second kappa shape index (κ2) is 13.1. The molecule has 0 saturated heterocycles. The Bertz CT molecular complexity index is 839. The van der Waals surface area contributed by atoms with E-state index >= 15 is 0 Å². The fraction of sp³-hybridized carbons (Fsp3) is 0.448. The molecule has 0 aliphatic heterocycles. The van der Waals surface area contributed by atoms with Gasteiger partial charge in [-0.2, -0.15) is 0 Å². The molecule has 1 nitrogen and oxygen atoms in total. The minimum absolute atomic E-state index is 1.08. The molecule has 0 atom stereocenters. The molecule has 1 heteroatoms. The lowest BCUT2D eigenvalue weighted by molar-refractivity contribution is 0.550. The number of benzene rings is 3. The number of nitrogens with zero attached hydrogens (tertiary/aromatic N) is 1. The Morgan fingerprint density at radius 3 is 1.73 bits per heavy atom. The van der Waals surface area contributed by atoms with Crippen LogP contribution in [0.4, 0.5) is 11.4 Å². The summed E-state index contributed by atoms with van der Waals surface area (Å²) in [5.41, 5.74) is 2.59. The number of hydrogen-bond acceptors (Lipinski definition) is 1. The van der Waals surface area contributed by atoms with Crippen molar-refractivity contribution in [1.82, 2.24) is 0 Å². The number of fused-ring (bicyclic) bond motifs is 1. The summed E-state index contributed by atoms with van der Waals surface area (Å²) in [7, 11) is 0. The topological polar surface area (TPSA) is 3.24 Å². The van der Waals surface area contributed by atoms with E-state index < -0.39 is 0 Å². The first kappa shape index (κ1) is 22.4. The molecule has 0 amide bonds. The maximum atomic E-state index is 2.49. The van der Waals surface area contributed by atoms with Crippen LogP contribution in [0.5, 0.6) is 0 Å². The van der Waals surface area contributed by atoms with Gasteiger partial charge in [-0.1, -0.05) is 120 Å². The molecule has 0 N–H and O–H groups in total. The molecule has 3 rings (SSSR count). The second-order valence-electron chi connectivity index (χ2n) is 8.55. The molecule has 0 fully saturated rings. The summed E-state index contributed by atoms with van der Waals surface area (Å²) in [4.78, 5) is 2.49. The first-order chi connectivity index (χ1) is 14.9. The average Bonchev–Trinajstić information content (AvgIpc) is 2.80. The molecule has 0 saturated carbocycles. The van der Waals surface area contributed by atoms with Crippen molar-refractivity contribution in [3.8, 4) is 0 Å². The summed E-state index contributed by atoms with van der Waals surface area (Å²) in [6.45, 7) is 3.37. The van der Waals surface area contributed by atoms with Crippen molar-refractivity contribution >= 4 is 22.1 Å². The molecule has 3 aromatic rings. The van der Waals surface area contributed by atoms with E-state index in [-0.39, 0.29) is 0 Å². The summed E-state index contributed by atoms with van der Waals surface area (Å²) >= 11 is 0. The summed E-state index contributed by atoms with van der Waals surface area (Å²) in [6, 6.07) is 26.3. The smallest absolute Gasteiger partial charge is 0.0417 e. The predicted molar refractivity (Wildman–Crippen MR) is 134 cm³/mol. The van der Waals surface area contributed by atoms with Gasteiger partial charge in [0, 0.05) is 17.9 Å². The highest BCUT2D eigenvalue weighted by molar-refractivity contribution is 5.86. The molecular weight excluding hydrogens is 362 g/mol. The van der Waals surface area contributed by atoms with Gasteiger partial charge in [-0.05, 0) is 41.5 Å². The normalized spacial score (nSPS) is 11.1. The highest BCUT2D eigenvalue weighted by Crippen LogP contribution is 2.29. The lowest BCUT2D eigenvalue weighted by atomic mass is 10.1. The Morgan fingerprint density at radius 1 is 0.500 bits per heavy atom. The average molecular weight is 402 g/mol. The third kappa shape index (κ3) is 7.20. The Labute approximate surface area is 184 Å². The molecule has 0 aromatic heterocycles. The van der Waals surface area contributed by atoms with E-state index in [1.807, 2.05) is 0 Å². The first-order valence-electron chi connectivity index (χ1n) is 12.2. The van der Waals surface area contributed by atoms with Crippen molar-refractivity contribution in [2.75, 3.05) is 11.4 Å². The largest absolute Gasteiger partial charge is 0.341 e. The summed E-state index contributed by atoms with van der Waals surface area (Å²) in [6.07, 6.45) is 15.2. The zero-order chi connectivity index (χ0) is 20.9. The Balaban J connectivity index is 1.47. The van der Waals surface area contributed by atoms with Crippen LogP contribution in [-0.4, -0.2) is 6.54 Å². The monoisotopic (exact) mass is 401 g/mol. The zero-order valence-electron chi connectivity index (χ0n) is 18.9. The predicted octanol–water partition coefficient (Wildman–Crippen LogP) is 9.29. The summed E-state index contributed by atoms with van der Waals surface area (Å²) in [5, 5.41) is 2.62. The molecule has 0 radical (unpaired) electrons. The summed E-state index contributed by atoms with van der Waals surface area (Å²) in [5.74, 6) is 0. The molecule has 0 spiro atoms. The number of hydrogen-bond donors (Lipinski definition) is 0. The van der Waals surface area contributed by atoms with Crippen LogP contribution in [0.1, 0.15) is 77.6 Å². The first-order valence-corrected chi connectivity index (χ1v) is 12.2. The molecule has 0 aliphatic carbocycles. The highest BCUT2D eigenvalue weighted by atomic mass is 15.1. The molecule has 160 valence electrons. The third-order valence-electron chi connectivity index (χ3n) is 6.10. The third-order valence-corrected chi connectivity index (χ3v) is 6.10. The molecule has 0 unspecified atom stereocenters. The van der Waals surface area contributed by atoms with Crippen molar-refractivity contribution in [2.24, 2.45) is 0 Å². The fourth-order valence-corrected chi connectivity index (χ4v) is 4.29. The Hall–Kier alpha value is -2.28. The molecule has 0 bridgehead atoms. The van der Waals surface area contributed by atoms with Crippen LogP contribution in [-0.2, 0) is 0 Å². The van der Waals surface area contributed by atoms with Crippen molar-refractivity contribution in [3.05, 3.63) is 72.8 Å². The molecule has 3 aromatic carbocycles. The molecule has 0 aliphatic rings. The molecule has 0 heterocycles. The number of rotatable bonds is 14. The SMILES string of the molecule is CCCCCCCCCCCCCN(c1ccccc1)c1ccc2ccccc2c1. The van der Waals surface area contributed by atoms with E-state index in [0.29, 0.717) is 0 Å². The van der Waals surface area contributed by atoms with Gasteiger partial charge in [-0.3, -0.25) is 0 Å². The number of unbranched alkanes of at least 4 members (excludes halogenated alkanes) is 10. The van der Waals surface area contributed by atoms with Crippen LogP contribution in [0.2, 0.25) is 0 Å². The van der Waals surface area contributed by atoms with Crippen molar-refractivity contribution in [1.29, 1.82) is 0 Å². The van der Waals surface area contributed by atoms with Gasteiger partial charge in [0.15, 0.2) is 0 Å². The second-order valence-corrected chi connectivity index (χ2v) is 8.55. The molecular formula is C29H39N. The van der Waals surface area contributed by atoms with Gasteiger partial charge in [-0.25, -0.2) is 0 Å². The minimum Gasteiger partial charge on any atom is -0.341 e. The van der Waals surface area contributed by atoms with E-state index in [2.05, 4.69) is 84.6 Å². The van der Waals surface area contributed by atoms with E-state index in [9.17, 15) is 0 Å². The maximum Gasteiger partial charge on any atom is 0.0417 e. The van der Waals surface area contributed by atoms with Crippen LogP contribution in [0.15, 0.2) is 72.8 Å². The van der Waals surface area contributed by atoms with E-state index in [4.69, 9.17) is 0 Å². The van der Waals surface area contributed by atoms with E-state index in [1.54, 1.807) is 0 Å². The lowest BCUT2D eigenvalue weighted by Crippen LogP contribution is -2.18. The maximum absolute atomic E-state index is 2.49. The van der Waals surface area contributed by atoms with Gasteiger partial charge in [0.2, 0.25) is 0 Å². The Morgan fingerprint density at radius 2 is 1.07 bits per heavy atom. The van der Waals surface area contributed by atoms with Crippen molar-refractivity contribution in [2.45, 2.75) is 77.6 Å². The van der Waals surface area contributed by atoms with Gasteiger partial charge in [0.05, 0.1) is 0 Å². The van der Waals surface area contributed by atoms with Crippen LogP contribution >= 0.6 is 0 Å². The van der Waals surface area contributed by atoms with Gasteiger partial charge in [-0.15, -0.1) is 0 Å².